The molecule has 1 aliphatic rings. The van der Waals surface area contributed by atoms with Crippen LogP contribution in [0.4, 0.5) is 0 Å². The fourth-order valence-electron chi connectivity index (χ4n) is 2.37. The molecule has 1 aromatic rings. The van der Waals surface area contributed by atoms with E-state index in [9.17, 15) is 4.79 Å². The third-order valence-corrected chi connectivity index (χ3v) is 3.62. The Bertz CT molecular complexity index is 447. The number of ether oxygens (including phenoxy) is 2. The van der Waals surface area contributed by atoms with E-state index < -0.39 is 0 Å². The molecule has 0 unspecified atom stereocenters. The molecule has 0 amide bonds. The van der Waals surface area contributed by atoms with Crippen molar-refractivity contribution in [3.05, 3.63) is 29.3 Å². The summed E-state index contributed by atoms with van der Waals surface area (Å²) in [7, 11) is 1.42. The van der Waals surface area contributed by atoms with Gasteiger partial charge in [-0.2, -0.15) is 0 Å². The van der Waals surface area contributed by atoms with E-state index in [1.165, 1.54) is 12.7 Å². The fourth-order valence-corrected chi connectivity index (χ4v) is 2.37. The monoisotopic (exact) mass is 248 g/mol. The van der Waals surface area contributed by atoms with Crippen LogP contribution in [0.5, 0.6) is 5.75 Å². The standard InChI is InChI=1S/C15H20O3/c1-11-5-6-13(12(2)9-11)18-15(7-4-8-15)10-14(16)17-3/h5-6,9H,4,7-8,10H2,1-3H3. The van der Waals surface area contributed by atoms with Crippen molar-refractivity contribution in [2.45, 2.75) is 45.1 Å². The molecule has 1 aliphatic carbocycles. The molecule has 0 aliphatic heterocycles. The Kier molecular flexibility index (Phi) is 3.60. The molecule has 0 saturated heterocycles. The lowest BCUT2D eigenvalue weighted by Gasteiger charge is -2.41. The second kappa shape index (κ2) is 5.01. The van der Waals surface area contributed by atoms with Gasteiger partial charge in [0.2, 0.25) is 0 Å². The first-order valence-corrected chi connectivity index (χ1v) is 6.38. The van der Waals surface area contributed by atoms with Gasteiger partial charge in [-0.3, -0.25) is 4.79 Å². The van der Waals surface area contributed by atoms with Crippen molar-refractivity contribution in [1.82, 2.24) is 0 Å². The molecule has 2 rings (SSSR count). The highest BCUT2D eigenvalue weighted by molar-refractivity contribution is 5.70. The van der Waals surface area contributed by atoms with Crippen molar-refractivity contribution in [2.75, 3.05) is 7.11 Å². The lowest BCUT2D eigenvalue weighted by atomic mass is 9.77. The highest BCUT2D eigenvalue weighted by Gasteiger charge is 2.42. The second-order valence-corrected chi connectivity index (χ2v) is 5.16. The Morgan fingerprint density at radius 2 is 2.06 bits per heavy atom. The maximum absolute atomic E-state index is 11.4. The lowest BCUT2D eigenvalue weighted by molar-refractivity contribution is -0.148. The summed E-state index contributed by atoms with van der Waals surface area (Å²) in [6.07, 6.45) is 3.31. The predicted octanol–water partition coefficient (Wildman–Crippen LogP) is 3.17. The van der Waals surface area contributed by atoms with Crippen molar-refractivity contribution in [3.63, 3.8) is 0 Å². The zero-order valence-corrected chi connectivity index (χ0v) is 11.3. The Morgan fingerprint density at radius 3 is 2.56 bits per heavy atom. The number of aryl methyl sites for hydroxylation is 2. The van der Waals surface area contributed by atoms with Gasteiger partial charge in [-0.15, -0.1) is 0 Å². The predicted molar refractivity (Wildman–Crippen MR) is 69.8 cm³/mol. The average Bonchev–Trinajstić information content (AvgIpc) is 2.29. The van der Waals surface area contributed by atoms with Gasteiger partial charge >= 0.3 is 5.97 Å². The van der Waals surface area contributed by atoms with Crippen molar-refractivity contribution in [2.24, 2.45) is 0 Å². The van der Waals surface area contributed by atoms with Crippen LogP contribution in [0.1, 0.15) is 36.8 Å². The smallest absolute Gasteiger partial charge is 0.309 e. The summed E-state index contributed by atoms with van der Waals surface area (Å²) in [5.41, 5.74) is 1.99. The van der Waals surface area contributed by atoms with Crippen LogP contribution in [0, 0.1) is 13.8 Å². The molecular formula is C15H20O3. The Labute approximate surface area is 108 Å². The number of carbonyl (C=O) groups is 1. The number of hydrogen-bond acceptors (Lipinski definition) is 3. The van der Waals surface area contributed by atoms with Crippen LogP contribution < -0.4 is 4.74 Å². The third kappa shape index (κ3) is 2.66. The van der Waals surface area contributed by atoms with Crippen LogP contribution in [0.2, 0.25) is 0 Å². The highest BCUT2D eigenvalue weighted by atomic mass is 16.5. The molecule has 0 atom stereocenters. The minimum atomic E-state index is -0.340. The topological polar surface area (TPSA) is 35.5 Å². The van der Waals surface area contributed by atoms with Gasteiger partial charge in [-0.05, 0) is 44.7 Å². The Balaban J connectivity index is 2.12. The van der Waals surface area contributed by atoms with Crippen molar-refractivity contribution >= 4 is 5.97 Å². The molecule has 0 heterocycles. The van der Waals surface area contributed by atoms with Crippen LogP contribution >= 0.6 is 0 Å². The number of hydrogen-bond donors (Lipinski definition) is 0. The van der Waals surface area contributed by atoms with Crippen molar-refractivity contribution in [1.29, 1.82) is 0 Å². The highest BCUT2D eigenvalue weighted by Crippen LogP contribution is 2.40. The van der Waals surface area contributed by atoms with Gasteiger partial charge in [0.25, 0.3) is 0 Å². The molecular weight excluding hydrogens is 228 g/mol. The van der Waals surface area contributed by atoms with E-state index in [1.807, 2.05) is 19.1 Å². The SMILES string of the molecule is COC(=O)CC1(Oc2ccc(C)cc2C)CCC1. The maximum Gasteiger partial charge on any atom is 0.309 e. The number of benzene rings is 1. The van der Waals surface area contributed by atoms with E-state index in [1.54, 1.807) is 0 Å². The molecule has 0 spiro atoms. The van der Waals surface area contributed by atoms with E-state index >= 15 is 0 Å². The normalized spacial score (nSPS) is 16.8. The van der Waals surface area contributed by atoms with Crippen LogP contribution in [-0.2, 0) is 9.53 Å². The van der Waals surface area contributed by atoms with Crippen molar-refractivity contribution < 1.29 is 14.3 Å². The van der Waals surface area contributed by atoms with E-state index in [4.69, 9.17) is 9.47 Å². The molecule has 0 aromatic heterocycles. The summed E-state index contributed by atoms with van der Waals surface area (Å²) in [6, 6.07) is 6.12. The van der Waals surface area contributed by atoms with E-state index in [2.05, 4.69) is 13.0 Å². The van der Waals surface area contributed by atoms with Crippen molar-refractivity contribution in [3.8, 4) is 5.75 Å². The fraction of sp³-hybridized carbons (Fsp3) is 0.533. The van der Waals surface area contributed by atoms with Crippen LogP contribution in [-0.4, -0.2) is 18.7 Å². The average molecular weight is 248 g/mol. The van der Waals surface area contributed by atoms with Gasteiger partial charge in [0.15, 0.2) is 0 Å². The summed E-state index contributed by atoms with van der Waals surface area (Å²) < 4.78 is 10.8. The molecule has 3 nitrogen and oxygen atoms in total. The molecule has 0 N–H and O–H groups in total. The number of rotatable bonds is 4. The largest absolute Gasteiger partial charge is 0.486 e. The zero-order valence-electron chi connectivity index (χ0n) is 11.3. The summed E-state index contributed by atoms with van der Waals surface area (Å²) in [5.74, 6) is 0.684. The molecule has 18 heavy (non-hydrogen) atoms. The minimum Gasteiger partial charge on any atom is -0.486 e. The van der Waals surface area contributed by atoms with Gasteiger partial charge in [0, 0.05) is 0 Å². The number of carbonyl (C=O) groups excluding carboxylic acids is 1. The molecule has 1 fully saturated rings. The number of methoxy groups -OCH3 is 1. The van der Waals surface area contributed by atoms with Crippen LogP contribution in [0.25, 0.3) is 0 Å². The van der Waals surface area contributed by atoms with E-state index in [0.717, 1.165) is 30.6 Å². The van der Waals surface area contributed by atoms with Gasteiger partial charge in [0.05, 0.1) is 13.5 Å². The lowest BCUT2D eigenvalue weighted by Crippen LogP contribution is -2.45. The maximum atomic E-state index is 11.4. The van der Waals surface area contributed by atoms with Gasteiger partial charge in [-0.1, -0.05) is 17.7 Å². The van der Waals surface area contributed by atoms with Crippen LogP contribution in [0.3, 0.4) is 0 Å². The van der Waals surface area contributed by atoms with E-state index in [-0.39, 0.29) is 11.6 Å². The molecule has 98 valence electrons. The number of esters is 1. The molecule has 1 aromatic carbocycles. The molecule has 1 saturated carbocycles. The van der Waals surface area contributed by atoms with E-state index in [0.29, 0.717) is 6.42 Å². The molecule has 3 heteroatoms. The Hall–Kier alpha value is -1.51. The first-order chi connectivity index (χ1) is 8.54. The van der Waals surface area contributed by atoms with Crippen LogP contribution in [0.15, 0.2) is 18.2 Å². The quantitative estimate of drug-likeness (QED) is 0.768. The molecule has 0 bridgehead atoms. The first kappa shape index (κ1) is 12.9. The summed E-state index contributed by atoms with van der Waals surface area (Å²) in [4.78, 5) is 11.4. The third-order valence-electron chi connectivity index (χ3n) is 3.62. The zero-order chi connectivity index (χ0) is 13.2. The molecule has 0 radical (unpaired) electrons. The second-order valence-electron chi connectivity index (χ2n) is 5.16. The van der Waals surface area contributed by atoms with Gasteiger partial charge in [-0.25, -0.2) is 0 Å². The minimum absolute atomic E-state index is 0.195. The first-order valence-electron chi connectivity index (χ1n) is 6.38. The van der Waals surface area contributed by atoms with Gasteiger partial charge < -0.3 is 9.47 Å². The summed E-state index contributed by atoms with van der Waals surface area (Å²) >= 11 is 0. The summed E-state index contributed by atoms with van der Waals surface area (Å²) in [5, 5.41) is 0. The Morgan fingerprint density at radius 1 is 1.33 bits per heavy atom. The van der Waals surface area contributed by atoms with Gasteiger partial charge in [0.1, 0.15) is 11.4 Å². The summed E-state index contributed by atoms with van der Waals surface area (Å²) in [6.45, 7) is 4.09.